The van der Waals surface area contributed by atoms with E-state index in [0.717, 1.165) is 5.56 Å². The average Bonchev–Trinajstić information content (AvgIpc) is 3.17. The van der Waals surface area contributed by atoms with Gasteiger partial charge < -0.3 is 14.0 Å². The lowest BCUT2D eigenvalue weighted by atomic mass is 10.1. The normalized spacial score (nSPS) is 16.2. The van der Waals surface area contributed by atoms with Crippen LogP contribution in [-0.2, 0) is 19.8 Å². The maximum absolute atomic E-state index is 13.9. The Morgan fingerprint density at radius 3 is 1.74 bits per heavy atom. The molecule has 1 aliphatic heterocycles. The molecule has 0 radical (unpaired) electrons. The van der Waals surface area contributed by atoms with Crippen LogP contribution >= 0.6 is 7.37 Å². The van der Waals surface area contributed by atoms with Gasteiger partial charge in [0.2, 0.25) is 0 Å². The van der Waals surface area contributed by atoms with Gasteiger partial charge in [0, 0.05) is 5.56 Å². The van der Waals surface area contributed by atoms with Crippen molar-refractivity contribution in [1.82, 2.24) is 0 Å². The van der Waals surface area contributed by atoms with Crippen molar-refractivity contribution in [3.63, 3.8) is 0 Å². The zero-order chi connectivity index (χ0) is 18.7. The van der Waals surface area contributed by atoms with Crippen LogP contribution in [0.3, 0.4) is 0 Å². The van der Waals surface area contributed by atoms with Crippen molar-refractivity contribution >= 4 is 18.0 Å². The second kappa shape index (κ2) is 7.32. The molecule has 0 aliphatic carbocycles. The Morgan fingerprint density at radius 1 is 0.778 bits per heavy atom. The van der Waals surface area contributed by atoms with E-state index in [-0.39, 0.29) is 0 Å². The minimum Gasteiger partial charge on any atom is -0.437 e. The second-order valence-electron chi connectivity index (χ2n) is 6.48. The zero-order valence-electron chi connectivity index (χ0n) is 15.1. The van der Waals surface area contributed by atoms with Gasteiger partial charge in [-0.25, -0.2) is 0 Å². The Labute approximate surface area is 159 Å². The molecule has 0 saturated carbocycles. The molecule has 1 aliphatic rings. The lowest BCUT2D eigenvalue weighted by molar-refractivity contribution is -0.149. The van der Waals surface area contributed by atoms with E-state index >= 15 is 0 Å². The number of hydrogen-bond donors (Lipinski definition) is 0. The van der Waals surface area contributed by atoms with Gasteiger partial charge in [-0.15, -0.1) is 0 Å². The van der Waals surface area contributed by atoms with Crippen molar-refractivity contribution in [3.8, 4) is 5.75 Å². The van der Waals surface area contributed by atoms with Gasteiger partial charge in [-0.1, -0.05) is 36.4 Å². The molecular weight excluding hydrogens is 359 g/mol. The van der Waals surface area contributed by atoms with E-state index < -0.39 is 13.2 Å². The maximum Gasteiger partial charge on any atom is 0.306 e. The van der Waals surface area contributed by atoms with Gasteiger partial charge in [0.1, 0.15) is 5.75 Å². The summed E-state index contributed by atoms with van der Waals surface area (Å²) in [5.41, 5.74) is 0.904. The van der Waals surface area contributed by atoms with Crippen molar-refractivity contribution in [2.75, 3.05) is 13.2 Å². The SMILES string of the molecule is CC1(c2ccc(OP(=O)(c3ccccc3)c3ccccc3)cc2)OCCO1. The van der Waals surface area contributed by atoms with Crippen LogP contribution in [0, 0.1) is 0 Å². The smallest absolute Gasteiger partial charge is 0.306 e. The van der Waals surface area contributed by atoms with Crippen LogP contribution in [0.5, 0.6) is 5.75 Å². The van der Waals surface area contributed by atoms with Gasteiger partial charge in [-0.05, 0) is 55.5 Å². The molecule has 0 unspecified atom stereocenters. The Hall–Kier alpha value is -2.39. The highest BCUT2D eigenvalue weighted by atomic mass is 31.2. The molecule has 3 aromatic carbocycles. The van der Waals surface area contributed by atoms with E-state index in [2.05, 4.69) is 0 Å². The third kappa shape index (κ3) is 3.57. The largest absolute Gasteiger partial charge is 0.437 e. The monoisotopic (exact) mass is 380 g/mol. The summed E-state index contributed by atoms with van der Waals surface area (Å²) in [6.07, 6.45) is 0. The first-order valence-electron chi connectivity index (χ1n) is 8.89. The Kier molecular flexibility index (Phi) is 4.88. The Balaban J connectivity index is 1.68. The predicted molar refractivity (Wildman–Crippen MR) is 106 cm³/mol. The van der Waals surface area contributed by atoms with Crippen molar-refractivity contribution in [2.45, 2.75) is 12.7 Å². The van der Waals surface area contributed by atoms with Gasteiger partial charge in [-0.2, -0.15) is 0 Å². The molecule has 0 spiro atoms. The Morgan fingerprint density at radius 2 is 1.26 bits per heavy atom. The van der Waals surface area contributed by atoms with Gasteiger partial charge >= 0.3 is 7.37 Å². The van der Waals surface area contributed by atoms with Crippen molar-refractivity contribution in [3.05, 3.63) is 90.5 Å². The summed E-state index contributed by atoms with van der Waals surface area (Å²) in [6, 6.07) is 26.0. The fourth-order valence-electron chi connectivity index (χ4n) is 3.15. The first-order valence-corrected chi connectivity index (χ1v) is 10.5. The molecule has 4 nitrogen and oxygen atoms in total. The highest BCUT2D eigenvalue weighted by Crippen LogP contribution is 2.45. The molecule has 4 rings (SSSR count). The van der Waals surface area contributed by atoms with E-state index in [0.29, 0.717) is 29.6 Å². The molecule has 1 heterocycles. The summed E-state index contributed by atoms with van der Waals surface area (Å²) in [4.78, 5) is 0. The topological polar surface area (TPSA) is 44.8 Å². The summed E-state index contributed by atoms with van der Waals surface area (Å²) in [5.74, 6) is -0.197. The minimum absolute atomic E-state index is 0.538. The predicted octanol–water partition coefficient (Wildman–Crippen LogP) is 4.21. The third-order valence-corrected chi connectivity index (χ3v) is 7.07. The van der Waals surface area contributed by atoms with E-state index in [4.69, 9.17) is 14.0 Å². The van der Waals surface area contributed by atoms with Crippen molar-refractivity contribution in [2.24, 2.45) is 0 Å². The molecular formula is C22H21O4P. The van der Waals surface area contributed by atoms with Gasteiger partial charge in [0.05, 0.1) is 23.8 Å². The standard InChI is InChI=1S/C22H21O4P/c1-22(24-16-17-25-22)18-12-14-19(15-13-18)26-27(23,20-8-4-2-5-9-20)21-10-6-3-7-11-21/h2-15H,16-17H2,1H3. The summed E-state index contributed by atoms with van der Waals surface area (Å²) < 4.78 is 31.4. The molecule has 0 amide bonds. The molecule has 1 saturated heterocycles. The fraction of sp³-hybridized carbons (Fsp3) is 0.182. The first kappa shape index (κ1) is 18.0. The van der Waals surface area contributed by atoms with E-state index in [9.17, 15) is 4.57 Å². The van der Waals surface area contributed by atoms with Gasteiger partial charge in [-0.3, -0.25) is 4.57 Å². The quantitative estimate of drug-likeness (QED) is 0.622. The van der Waals surface area contributed by atoms with Crippen LogP contribution in [0.25, 0.3) is 0 Å². The number of rotatable bonds is 5. The summed E-state index contributed by atoms with van der Waals surface area (Å²) in [7, 11) is -3.27. The lowest BCUT2D eigenvalue weighted by Gasteiger charge is -2.24. The fourth-order valence-corrected chi connectivity index (χ4v) is 5.21. The van der Waals surface area contributed by atoms with Crippen LogP contribution in [0.1, 0.15) is 12.5 Å². The number of hydrogen-bond acceptors (Lipinski definition) is 4. The van der Waals surface area contributed by atoms with Crippen molar-refractivity contribution in [1.29, 1.82) is 0 Å². The molecule has 138 valence electrons. The maximum atomic E-state index is 13.9. The summed E-state index contributed by atoms with van der Waals surface area (Å²) in [5, 5.41) is 1.32. The molecule has 0 bridgehead atoms. The number of ether oxygens (including phenoxy) is 2. The highest BCUT2D eigenvalue weighted by Gasteiger charge is 2.34. The molecule has 5 heteroatoms. The van der Waals surface area contributed by atoms with E-state index in [1.54, 1.807) is 0 Å². The summed E-state index contributed by atoms with van der Waals surface area (Å²) >= 11 is 0. The van der Waals surface area contributed by atoms with Crippen LogP contribution < -0.4 is 15.1 Å². The Bertz CT molecular complexity index is 890. The second-order valence-corrected chi connectivity index (χ2v) is 8.80. The lowest BCUT2D eigenvalue weighted by Crippen LogP contribution is -2.22. The van der Waals surface area contributed by atoms with Crippen LogP contribution in [0.4, 0.5) is 0 Å². The average molecular weight is 380 g/mol. The minimum atomic E-state index is -3.27. The van der Waals surface area contributed by atoms with E-state index in [1.165, 1.54) is 0 Å². The van der Waals surface area contributed by atoms with Gasteiger partial charge in [0.15, 0.2) is 5.79 Å². The number of benzene rings is 3. The molecule has 1 fully saturated rings. The molecule has 0 atom stereocenters. The first-order chi connectivity index (χ1) is 13.1. The van der Waals surface area contributed by atoms with Crippen LogP contribution in [0.15, 0.2) is 84.9 Å². The molecule has 0 N–H and O–H groups in total. The molecule has 0 aromatic heterocycles. The molecule has 3 aromatic rings. The third-order valence-electron chi connectivity index (χ3n) is 4.64. The zero-order valence-corrected chi connectivity index (χ0v) is 16.0. The summed E-state index contributed by atoms with van der Waals surface area (Å²) in [6.45, 7) is 3.05. The van der Waals surface area contributed by atoms with Crippen LogP contribution in [0.2, 0.25) is 0 Å². The van der Waals surface area contributed by atoms with Crippen molar-refractivity contribution < 1.29 is 18.6 Å². The van der Waals surface area contributed by atoms with E-state index in [1.807, 2.05) is 91.9 Å². The highest BCUT2D eigenvalue weighted by molar-refractivity contribution is 7.74. The molecule has 27 heavy (non-hydrogen) atoms. The van der Waals surface area contributed by atoms with Crippen LogP contribution in [-0.4, -0.2) is 13.2 Å². The van der Waals surface area contributed by atoms with Gasteiger partial charge in [0.25, 0.3) is 0 Å².